The lowest BCUT2D eigenvalue weighted by Gasteiger charge is -2.30. The lowest BCUT2D eigenvalue weighted by atomic mass is 10.2. The van der Waals surface area contributed by atoms with E-state index in [0.717, 1.165) is 17.8 Å². The van der Waals surface area contributed by atoms with Crippen LogP contribution in [0.4, 0.5) is 5.69 Å². The molecule has 1 N–H and O–H groups in total. The highest BCUT2D eigenvalue weighted by Gasteiger charge is 2.31. The van der Waals surface area contributed by atoms with Crippen molar-refractivity contribution in [3.05, 3.63) is 54.5 Å². The maximum atomic E-state index is 12.6. The maximum absolute atomic E-state index is 12.6. The van der Waals surface area contributed by atoms with Crippen LogP contribution in [0.15, 0.2) is 53.1 Å². The first kappa shape index (κ1) is 20.4. The number of amides is 1. The highest BCUT2D eigenvalue weighted by molar-refractivity contribution is 7.98. The molecule has 0 saturated carbocycles. The number of thioether (sulfide) groups is 1. The summed E-state index contributed by atoms with van der Waals surface area (Å²) in [7, 11) is -3.58. The number of para-hydroxylation sites is 1. The third-order valence-corrected chi connectivity index (χ3v) is 5.87. The number of furan rings is 1. The number of carbonyl (C=O) groups excluding carboxylic acids is 1. The van der Waals surface area contributed by atoms with Crippen molar-refractivity contribution in [2.24, 2.45) is 0 Å². The van der Waals surface area contributed by atoms with Crippen molar-refractivity contribution in [3.63, 3.8) is 0 Å². The van der Waals surface area contributed by atoms with E-state index in [2.05, 4.69) is 5.32 Å². The first-order valence-electron chi connectivity index (χ1n) is 8.35. The molecule has 1 amide bonds. The average molecular weight is 397 g/mol. The second-order valence-electron chi connectivity index (χ2n) is 5.74. The van der Waals surface area contributed by atoms with Gasteiger partial charge in [0, 0.05) is 12.3 Å². The molecule has 2 aromatic rings. The van der Waals surface area contributed by atoms with Gasteiger partial charge in [-0.25, -0.2) is 8.42 Å². The molecule has 26 heavy (non-hydrogen) atoms. The van der Waals surface area contributed by atoms with Crippen LogP contribution >= 0.6 is 11.8 Å². The van der Waals surface area contributed by atoms with Crippen LogP contribution in [-0.4, -0.2) is 38.9 Å². The second-order valence-corrected chi connectivity index (χ2v) is 8.71. The van der Waals surface area contributed by atoms with Crippen molar-refractivity contribution >= 4 is 33.4 Å². The Balaban J connectivity index is 1.94. The van der Waals surface area contributed by atoms with E-state index in [1.807, 2.05) is 12.1 Å². The van der Waals surface area contributed by atoms with Crippen molar-refractivity contribution in [1.29, 1.82) is 0 Å². The van der Waals surface area contributed by atoms with Crippen molar-refractivity contribution in [1.82, 2.24) is 5.32 Å². The highest BCUT2D eigenvalue weighted by Crippen LogP contribution is 2.22. The molecule has 0 bridgehead atoms. The SMILES string of the molecule is CC[C@H](C(=O)NCCSCc1ccco1)N(c1ccccc1)S(C)(=O)=O. The standard InChI is InChI=1S/C18H24N2O4S2/c1-3-17(20(26(2,22)23)15-8-5-4-6-9-15)18(21)19-11-13-25-14-16-10-7-12-24-16/h4-10,12,17H,3,11,13-14H2,1-2H3,(H,19,21)/t17-/m1/s1. The van der Waals surface area contributed by atoms with E-state index in [1.54, 1.807) is 55.3 Å². The van der Waals surface area contributed by atoms with Crippen LogP contribution in [-0.2, 0) is 20.6 Å². The van der Waals surface area contributed by atoms with E-state index in [0.29, 0.717) is 24.4 Å². The lowest BCUT2D eigenvalue weighted by Crippen LogP contribution is -2.49. The zero-order valence-electron chi connectivity index (χ0n) is 14.9. The van der Waals surface area contributed by atoms with Gasteiger partial charge in [-0.2, -0.15) is 11.8 Å². The van der Waals surface area contributed by atoms with Crippen LogP contribution in [0.1, 0.15) is 19.1 Å². The first-order chi connectivity index (χ1) is 12.4. The molecule has 8 heteroatoms. The quantitative estimate of drug-likeness (QED) is 0.625. The van der Waals surface area contributed by atoms with Gasteiger partial charge in [0.15, 0.2) is 0 Å². The second kappa shape index (κ2) is 9.68. The van der Waals surface area contributed by atoms with Gasteiger partial charge in [-0.15, -0.1) is 0 Å². The third-order valence-electron chi connectivity index (χ3n) is 3.71. The van der Waals surface area contributed by atoms with E-state index < -0.39 is 16.1 Å². The summed E-state index contributed by atoms with van der Waals surface area (Å²) in [5.74, 6) is 2.05. The smallest absolute Gasteiger partial charge is 0.243 e. The van der Waals surface area contributed by atoms with Gasteiger partial charge in [0.1, 0.15) is 11.8 Å². The Kier molecular flexibility index (Phi) is 7.59. The minimum Gasteiger partial charge on any atom is -0.468 e. The number of hydrogen-bond acceptors (Lipinski definition) is 5. The van der Waals surface area contributed by atoms with Gasteiger partial charge in [0.05, 0.1) is 24.0 Å². The fourth-order valence-corrected chi connectivity index (χ4v) is 4.53. The predicted octanol–water partition coefficient (Wildman–Crippen LogP) is 2.87. The van der Waals surface area contributed by atoms with E-state index in [-0.39, 0.29) is 5.91 Å². The molecule has 0 aliphatic heterocycles. The highest BCUT2D eigenvalue weighted by atomic mass is 32.2. The minimum absolute atomic E-state index is 0.291. The molecule has 2 rings (SSSR count). The van der Waals surface area contributed by atoms with Gasteiger partial charge < -0.3 is 9.73 Å². The van der Waals surface area contributed by atoms with Gasteiger partial charge in [-0.05, 0) is 30.7 Å². The summed E-state index contributed by atoms with van der Waals surface area (Å²) in [5.41, 5.74) is 0.490. The largest absolute Gasteiger partial charge is 0.468 e. The zero-order chi connectivity index (χ0) is 19.0. The molecule has 0 fully saturated rings. The van der Waals surface area contributed by atoms with Gasteiger partial charge in [-0.3, -0.25) is 9.10 Å². The maximum Gasteiger partial charge on any atom is 0.243 e. The molecular formula is C18H24N2O4S2. The molecular weight excluding hydrogens is 372 g/mol. The zero-order valence-corrected chi connectivity index (χ0v) is 16.6. The number of sulfonamides is 1. The molecule has 0 aliphatic rings. The van der Waals surface area contributed by atoms with E-state index in [9.17, 15) is 13.2 Å². The third kappa shape index (κ3) is 5.81. The number of nitrogens with zero attached hydrogens (tertiary/aromatic N) is 1. The molecule has 1 atom stereocenters. The van der Waals surface area contributed by atoms with E-state index in [4.69, 9.17) is 4.42 Å². The van der Waals surface area contributed by atoms with Crippen LogP contribution < -0.4 is 9.62 Å². The Morgan fingerprint density at radius 3 is 2.54 bits per heavy atom. The summed E-state index contributed by atoms with van der Waals surface area (Å²) in [6.07, 6.45) is 3.13. The van der Waals surface area contributed by atoms with Crippen LogP contribution in [0, 0.1) is 0 Å². The fourth-order valence-electron chi connectivity index (χ4n) is 2.57. The van der Waals surface area contributed by atoms with Crippen LogP contribution in [0.2, 0.25) is 0 Å². The molecule has 1 aromatic heterocycles. The number of benzene rings is 1. The molecule has 142 valence electrons. The molecule has 0 unspecified atom stereocenters. The molecule has 1 aromatic carbocycles. The van der Waals surface area contributed by atoms with Gasteiger partial charge in [-0.1, -0.05) is 25.1 Å². The number of nitrogens with one attached hydrogen (secondary N) is 1. The molecule has 0 aliphatic carbocycles. The van der Waals surface area contributed by atoms with Crippen molar-refractivity contribution in [3.8, 4) is 0 Å². The predicted molar refractivity (Wildman–Crippen MR) is 106 cm³/mol. The van der Waals surface area contributed by atoms with Crippen LogP contribution in [0.25, 0.3) is 0 Å². The summed E-state index contributed by atoms with van der Waals surface area (Å²) >= 11 is 1.64. The Labute approximate surface area is 159 Å². The van der Waals surface area contributed by atoms with Crippen LogP contribution in [0.3, 0.4) is 0 Å². The van der Waals surface area contributed by atoms with Crippen LogP contribution in [0.5, 0.6) is 0 Å². The lowest BCUT2D eigenvalue weighted by molar-refractivity contribution is -0.122. The Morgan fingerprint density at radius 1 is 1.23 bits per heavy atom. The fraction of sp³-hybridized carbons (Fsp3) is 0.389. The number of hydrogen-bond donors (Lipinski definition) is 1. The normalized spacial score (nSPS) is 12.5. The van der Waals surface area contributed by atoms with Gasteiger partial charge in [0.2, 0.25) is 15.9 Å². The summed E-state index contributed by atoms with van der Waals surface area (Å²) in [6.45, 7) is 2.27. The summed E-state index contributed by atoms with van der Waals surface area (Å²) in [6, 6.07) is 11.7. The van der Waals surface area contributed by atoms with E-state index in [1.165, 1.54) is 4.31 Å². The van der Waals surface area contributed by atoms with Crippen molar-refractivity contribution < 1.29 is 17.6 Å². The van der Waals surface area contributed by atoms with E-state index >= 15 is 0 Å². The Bertz CT molecular complexity index is 777. The monoisotopic (exact) mass is 396 g/mol. The Morgan fingerprint density at radius 2 is 1.96 bits per heavy atom. The number of anilines is 1. The molecule has 0 spiro atoms. The molecule has 0 saturated heterocycles. The minimum atomic E-state index is -3.58. The topological polar surface area (TPSA) is 79.6 Å². The molecule has 6 nitrogen and oxygen atoms in total. The summed E-state index contributed by atoms with van der Waals surface area (Å²) < 4.78 is 31.0. The van der Waals surface area contributed by atoms with Crippen molar-refractivity contribution in [2.45, 2.75) is 25.1 Å². The van der Waals surface area contributed by atoms with Crippen molar-refractivity contribution in [2.75, 3.05) is 22.9 Å². The molecule has 0 radical (unpaired) electrons. The summed E-state index contributed by atoms with van der Waals surface area (Å²) in [5, 5.41) is 2.84. The number of carbonyl (C=O) groups is 1. The van der Waals surface area contributed by atoms with Gasteiger partial charge >= 0.3 is 0 Å². The number of rotatable bonds is 10. The average Bonchev–Trinajstić information content (AvgIpc) is 3.12. The first-order valence-corrected chi connectivity index (χ1v) is 11.4. The summed E-state index contributed by atoms with van der Waals surface area (Å²) in [4.78, 5) is 12.6. The molecule has 1 heterocycles. The van der Waals surface area contributed by atoms with Gasteiger partial charge in [0.25, 0.3) is 0 Å². The Hall–Kier alpha value is -1.93.